The van der Waals surface area contributed by atoms with Crippen molar-refractivity contribution in [3.63, 3.8) is 0 Å². The van der Waals surface area contributed by atoms with Crippen molar-refractivity contribution in [2.75, 3.05) is 6.61 Å². The largest absolute Gasteiger partial charge is 0.449 e. The van der Waals surface area contributed by atoms with Crippen molar-refractivity contribution in [2.45, 2.75) is 51.7 Å². The Hall–Kier alpha value is -2.90. The number of hydrogen-bond donors (Lipinski definition) is 2. The van der Waals surface area contributed by atoms with Gasteiger partial charge in [0, 0.05) is 25.1 Å². The van der Waals surface area contributed by atoms with Crippen molar-refractivity contribution in [3.8, 4) is 0 Å². The summed E-state index contributed by atoms with van der Waals surface area (Å²) in [6.07, 6.45) is 2.31. The monoisotopic (exact) mass is 399 g/mol. The van der Waals surface area contributed by atoms with Crippen LogP contribution in [0.25, 0.3) is 0 Å². The minimum Gasteiger partial charge on any atom is -0.449 e. The van der Waals surface area contributed by atoms with Crippen LogP contribution in [0.3, 0.4) is 0 Å². The second-order valence-corrected chi connectivity index (χ2v) is 8.29. The standard InChI is InChI=1S/C21H25N3O5/c1-12-6-14(7-12)11-29-21(28)22-9-13-2-3-15-10-24(20(27)16(15)8-13)17-4-5-18(25)23-19(17)26/h2-3,8,12,14,17H,4-7,9-11H2,1H3,(H,22,28)(H,23,25,26)/t12-,14-,17?. The molecule has 8 nitrogen and oxygen atoms in total. The molecule has 0 bridgehead atoms. The molecule has 3 aliphatic rings. The van der Waals surface area contributed by atoms with E-state index in [4.69, 9.17) is 4.74 Å². The first-order chi connectivity index (χ1) is 13.9. The van der Waals surface area contributed by atoms with Crippen molar-refractivity contribution in [3.05, 3.63) is 34.9 Å². The van der Waals surface area contributed by atoms with Crippen LogP contribution in [0.1, 0.15) is 54.1 Å². The number of carbonyl (C=O) groups excluding carboxylic acids is 4. The van der Waals surface area contributed by atoms with Gasteiger partial charge in [-0.05, 0) is 48.3 Å². The Morgan fingerprint density at radius 3 is 2.79 bits per heavy atom. The molecule has 4 amide bonds. The summed E-state index contributed by atoms with van der Waals surface area (Å²) in [4.78, 5) is 49.6. The second kappa shape index (κ2) is 7.85. The molecule has 2 N–H and O–H groups in total. The van der Waals surface area contributed by atoms with E-state index < -0.39 is 18.0 Å². The van der Waals surface area contributed by atoms with Crippen molar-refractivity contribution >= 4 is 23.8 Å². The number of benzene rings is 1. The molecule has 154 valence electrons. The quantitative estimate of drug-likeness (QED) is 0.734. The normalized spacial score (nSPS) is 25.9. The highest BCUT2D eigenvalue weighted by Gasteiger charge is 2.39. The average molecular weight is 399 g/mol. The molecule has 0 spiro atoms. The topological polar surface area (TPSA) is 105 Å². The van der Waals surface area contributed by atoms with Gasteiger partial charge in [0.25, 0.3) is 5.91 Å². The van der Waals surface area contributed by atoms with Crippen molar-refractivity contribution < 1.29 is 23.9 Å². The molecule has 0 aromatic heterocycles. The third kappa shape index (κ3) is 4.11. The molecule has 1 atom stereocenters. The first-order valence-corrected chi connectivity index (χ1v) is 10.1. The van der Waals surface area contributed by atoms with Crippen molar-refractivity contribution in [1.29, 1.82) is 0 Å². The molecule has 1 aromatic carbocycles. The molecular formula is C21H25N3O5. The molecular weight excluding hydrogens is 374 g/mol. The van der Waals surface area contributed by atoms with E-state index in [1.165, 1.54) is 4.90 Å². The van der Waals surface area contributed by atoms with Gasteiger partial charge in [0.15, 0.2) is 0 Å². The predicted octanol–water partition coefficient (Wildman–Crippen LogP) is 1.72. The number of alkyl carbamates (subject to hydrolysis) is 1. The second-order valence-electron chi connectivity index (χ2n) is 8.29. The van der Waals surface area contributed by atoms with E-state index in [1.54, 1.807) is 6.07 Å². The van der Waals surface area contributed by atoms with Crippen LogP contribution in [0.2, 0.25) is 0 Å². The summed E-state index contributed by atoms with van der Waals surface area (Å²) < 4.78 is 5.25. The van der Waals surface area contributed by atoms with E-state index >= 15 is 0 Å². The number of rotatable bonds is 5. The van der Waals surface area contributed by atoms with E-state index in [2.05, 4.69) is 17.6 Å². The van der Waals surface area contributed by atoms with Crippen LogP contribution in [-0.4, -0.2) is 41.4 Å². The van der Waals surface area contributed by atoms with Gasteiger partial charge in [0.2, 0.25) is 11.8 Å². The highest BCUT2D eigenvalue weighted by Crippen LogP contribution is 2.33. The van der Waals surface area contributed by atoms with E-state index in [0.29, 0.717) is 31.1 Å². The van der Waals surface area contributed by atoms with Crippen LogP contribution < -0.4 is 10.6 Å². The maximum atomic E-state index is 12.8. The number of imide groups is 1. The molecule has 1 aliphatic carbocycles. The number of fused-ring (bicyclic) bond motifs is 1. The molecule has 1 saturated heterocycles. The average Bonchev–Trinajstić information content (AvgIpc) is 2.99. The van der Waals surface area contributed by atoms with Crippen LogP contribution in [0.4, 0.5) is 4.79 Å². The SMILES string of the molecule is C[C@H]1C[C@H](COC(=O)NCc2ccc3c(c2)C(=O)N(C2CCC(=O)NC2=O)C3)C1. The molecule has 2 heterocycles. The zero-order valence-electron chi connectivity index (χ0n) is 16.4. The molecule has 1 unspecified atom stereocenters. The summed E-state index contributed by atoms with van der Waals surface area (Å²) >= 11 is 0. The van der Waals surface area contributed by atoms with E-state index in [-0.39, 0.29) is 24.8 Å². The molecule has 8 heteroatoms. The highest BCUT2D eigenvalue weighted by molar-refractivity contribution is 6.05. The lowest BCUT2D eigenvalue weighted by Gasteiger charge is -2.31. The summed E-state index contributed by atoms with van der Waals surface area (Å²) in [6.45, 7) is 3.24. The fraction of sp³-hybridized carbons (Fsp3) is 0.524. The minimum absolute atomic E-state index is 0.224. The van der Waals surface area contributed by atoms with Crippen LogP contribution in [0, 0.1) is 11.8 Å². The molecule has 4 rings (SSSR count). The van der Waals surface area contributed by atoms with Crippen LogP contribution in [0.5, 0.6) is 0 Å². The third-order valence-corrected chi connectivity index (χ3v) is 5.95. The Labute approximate surface area is 169 Å². The Morgan fingerprint density at radius 2 is 2.07 bits per heavy atom. The molecule has 29 heavy (non-hydrogen) atoms. The summed E-state index contributed by atoms with van der Waals surface area (Å²) in [7, 11) is 0. The number of piperidine rings is 1. The van der Waals surface area contributed by atoms with E-state index in [9.17, 15) is 19.2 Å². The zero-order valence-corrected chi connectivity index (χ0v) is 16.4. The van der Waals surface area contributed by atoms with Crippen LogP contribution >= 0.6 is 0 Å². The van der Waals surface area contributed by atoms with Gasteiger partial charge in [-0.1, -0.05) is 19.1 Å². The van der Waals surface area contributed by atoms with E-state index in [0.717, 1.165) is 29.9 Å². The number of hydrogen-bond acceptors (Lipinski definition) is 5. The van der Waals surface area contributed by atoms with Gasteiger partial charge in [-0.15, -0.1) is 0 Å². The Balaban J connectivity index is 1.32. The number of nitrogens with one attached hydrogen (secondary N) is 2. The third-order valence-electron chi connectivity index (χ3n) is 5.95. The summed E-state index contributed by atoms with van der Waals surface area (Å²) in [5.41, 5.74) is 2.16. The lowest BCUT2D eigenvalue weighted by molar-refractivity contribution is -0.136. The number of carbonyl (C=O) groups is 4. The fourth-order valence-electron chi connectivity index (χ4n) is 4.34. The zero-order chi connectivity index (χ0) is 20.5. The van der Waals surface area contributed by atoms with Gasteiger partial charge >= 0.3 is 6.09 Å². The Bertz CT molecular complexity index is 862. The number of nitrogens with zero attached hydrogens (tertiary/aromatic N) is 1. The van der Waals surface area contributed by atoms with Crippen LogP contribution in [0.15, 0.2) is 18.2 Å². The van der Waals surface area contributed by atoms with Crippen LogP contribution in [-0.2, 0) is 27.4 Å². The van der Waals surface area contributed by atoms with Gasteiger partial charge in [0.05, 0.1) is 6.61 Å². The number of ether oxygens (including phenoxy) is 1. The summed E-state index contributed by atoms with van der Waals surface area (Å²) in [5.74, 6) is 0.232. The fourth-order valence-corrected chi connectivity index (χ4v) is 4.34. The Kier molecular flexibility index (Phi) is 5.25. The van der Waals surface area contributed by atoms with Gasteiger partial charge < -0.3 is 15.0 Å². The molecule has 1 saturated carbocycles. The predicted molar refractivity (Wildman–Crippen MR) is 103 cm³/mol. The van der Waals surface area contributed by atoms with Crippen molar-refractivity contribution in [2.24, 2.45) is 11.8 Å². The molecule has 2 fully saturated rings. The van der Waals surface area contributed by atoms with Gasteiger partial charge in [-0.2, -0.15) is 0 Å². The first kappa shape index (κ1) is 19.4. The Morgan fingerprint density at radius 1 is 1.28 bits per heavy atom. The van der Waals surface area contributed by atoms with Gasteiger partial charge in [0.1, 0.15) is 6.04 Å². The first-order valence-electron chi connectivity index (χ1n) is 10.1. The molecule has 0 radical (unpaired) electrons. The highest BCUT2D eigenvalue weighted by atomic mass is 16.5. The van der Waals surface area contributed by atoms with E-state index in [1.807, 2.05) is 12.1 Å². The van der Waals surface area contributed by atoms with Crippen molar-refractivity contribution in [1.82, 2.24) is 15.5 Å². The maximum Gasteiger partial charge on any atom is 0.407 e. The lowest BCUT2D eigenvalue weighted by atomic mass is 9.77. The minimum atomic E-state index is -0.627. The number of amides is 4. The van der Waals surface area contributed by atoms with Gasteiger partial charge in [-0.25, -0.2) is 4.79 Å². The molecule has 1 aromatic rings. The maximum absolute atomic E-state index is 12.8. The smallest absolute Gasteiger partial charge is 0.407 e. The lowest BCUT2D eigenvalue weighted by Crippen LogP contribution is -2.52. The molecule has 2 aliphatic heterocycles. The van der Waals surface area contributed by atoms with Gasteiger partial charge in [-0.3, -0.25) is 19.7 Å². The summed E-state index contributed by atoms with van der Waals surface area (Å²) in [5, 5.41) is 5.01. The summed E-state index contributed by atoms with van der Waals surface area (Å²) in [6, 6.07) is 4.82.